The van der Waals surface area contributed by atoms with E-state index < -0.39 is 5.91 Å². The van der Waals surface area contributed by atoms with Crippen LogP contribution in [-0.4, -0.2) is 41.7 Å². The SMILES string of the molecule is Cc1ccc(OCCN2C(=O)S/C(=C\c3ccc(OCC(N)=O)cc3)C2=O)cc1. The van der Waals surface area contributed by atoms with Crippen molar-refractivity contribution in [2.75, 3.05) is 19.8 Å². The Morgan fingerprint density at radius 1 is 1.03 bits per heavy atom. The van der Waals surface area contributed by atoms with Gasteiger partial charge in [-0.2, -0.15) is 0 Å². The first-order valence-electron chi connectivity index (χ1n) is 8.88. The first-order chi connectivity index (χ1) is 13.9. The Labute approximate surface area is 172 Å². The van der Waals surface area contributed by atoms with Crippen molar-refractivity contribution in [3.05, 3.63) is 64.6 Å². The molecule has 2 aromatic carbocycles. The molecule has 2 N–H and O–H groups in total. The number of benzene rings is 2. The van der Waals surface area contributed by atoms with E-state index in [4.69, 9.17) is 15.2 Å². The largest absolute Gasteiger partial charge is 0.492 e. The van der Waals surface area contributed by atoms with Gasteiger partial charge in [-0.15, -0.1) is 0 Å². The van der Waals surface area contributed by atoms with Gasteiger partial charge in [0, 0.05) is 0 Å². The summed E-state index contributed by atoms with van der Waals surface area (Å²) < 4.78 is 10.8. The van der Waals surface area contributed by atoms with Gasteiger partial charge < -0.3 is 15.2 Å². The number of thioether (sulfide) groups is 1. The van der Waals surface area contributed by atoms with Gasteiger partial charge in [0.25, 0.3) is 17.1 Å². The molecule has 0 aromatic heterocycles. The van der Waals surface area contributed by atoms with E-state index in [9.17, 15) is 14.4 Å². The maximum absolute atomic E-state index is 12.5. The predicted molar refractivity (Wildman–Crippen MR) is 110 cm³/mol. The van der Waals surface area contributed by atoms with Crippen LogP contribution in [0.15, 0.2) is 53.4 Å². The maximum Gasteiger partial charge on any atom is 0.293 e. The summed E-state index contributed by atoms with van der Waals surface area (Å²) in [5, 5.41) is -0.324. The molecule has 1 aliphatic heterocycles. The molecule has 150 valence electrons. The molecular formula is C21H20N2O5S. The van der Waals surface area contributed by atoms with Gasteiger partial charge in [-0.3, -0.25) is 19.3 Å². The van der Waals surface area contributed by atoms with Crippen LogP contribution in [0.4, 0.5) is 4.79 Å². The van der Waals surface area contributed by atoms with Crippen LogP contribution < -0.4 is 15.2 Å². The van der Waals surface area contributed by atoms with Gasteiger partial charge in [0.15, 0.2) is 6.61 Å². The molecule has 0 saturated carbocycles. The van der Waals surface area contributed by atoms with Crippen molar-refractivity contribution in [3.63, 3.8) is 0 Å². The molecule has 1 saturated heterocycles. The molecular weight excluding hydrogens is 392 g/mol. The first kappa shape index (κ1) is 20.5. The molecule has 7 nitrogen and oxygen atoms in total. The van der Waals surface area contributed by atoms with Crippen LogP contribution in [0.1, 0.15) is 11.1 Å². The standard InChI is InChI=1S/C21H20N2O5S/c1-14-2-6-16(7-3-14)27-11-10-23-20(25)18(29-21(23)26)12-15-4-8-17(9-5-15)28-13-19(22)24/h2-9,12H,10-11,13H2,1H3,(H2,22,24)/b18-12-. The first-order valence-corrected chi connectivity index (χ1v) is 9.70. The minimum atomic E-state index is -0.561. The summed E-state index contributed by atoms with van der Waals surface area (Å²) in [4.78, 5) is 37.0. The minimum absolute atomic E-state index is 0.176. The number of hydrogen-bond donors (Lipinski definition) is 1. The number of ether oxygens (including phenoxy) is 2. The Balaban J connectivity index is 1.57. The lowest BCUT2D eigenvalue weighted by Gasteiger charge is -2.13. The Morgan fingerprint density at radius 3 is 2.31 bits per heavy atom. The third-order valence-electron chi connectivity index (χ3n) is 4.04. The fourth-order valence-electron chi connectivity index (χ4n) is 2.55. The molecule has 0 radical (unpaired) electrons. The van der Waals surface area contributed by atoms with Crippen LogP contribution >= 0.6 is 11.8 Å². The fraction of sp³-hybridized carbons (Fsp3) is 0.190. The molecule has 0 spiro atoms. The molecule has 1 heterocycles. The number of carbonyl (C=O) groups is 3. The van der Waals surface area contributed by atoms with Crippen LogP contribution in [0.25, 0.3) is 6.08 Å². The van der Waals surface area contributed by atoms with Gasteiger partial charge in [0.1, 0.15) is 18.1 Å². The van der Waals surface area contributed by atoms with E-state index in [0.29, 0.717) is 16.4 Å². The fourth-order valence-corrected chi connectivity index (χ4v) is 3.41. The lowest BCUT2D eigenvalue weighted by molar-refractivity contribution is -0.123. The van der Waals surface area contributed by atoms with E-state index in [-0.39, 0.29) is 30.9 Å². The second-order valence-electron chi connectivity index (χ2n) is 6.32. The van der Waals surface area contributed by atoms with Gasteiger partial charge in [0.05, 0.1) is 11.4 Å². The smallest absolute Gasteiger partial charge is 0.293 e. The second kappa shape index (κ2) is 9.29. The van der Waals surface area contributed by atoms with Crippen molar-refractivity contribution >= 4 is 34.9 Å². The van der Waals surface area contributed by atoms with E-state index in [1.807, 2.05) is 31.2 Å². The minimum Gasteiger partial charge on any atom is -0.492 e. The number of primary amides is 1. The van der Waals surface area contributed by atoms with Crippen molar-refractivity contribution < 1.29 is 23.9 Å². The van der Waals surface area contributed by atoms with E-state index >= 15 is 0 Å². The summed E-state index contributed by atoms with van der Waals surface area (Å²) in [7, 11) is 0. The molecule has 8 heteroatoms. The lowest BCUT2D eigenvalue weighted by Crippen LogP contribution is -2.32. The summed E-state index contributed by atoms with van der Waals surface area (Å²) in [6.07, 6.45) is 1.64. The third kappa shape index (κ3) is 5.61. The number of nitrogens with zero attached hydrogens (tertiary/aromatic N) is 1. The van der Waals surface area contributed by atoms with Crippen LogP contribution in [0, 0.1) is 6.92 Å². The highest BCUT2D eigenvalue weighted by Gasteiger charge is 2.34. The van der Waals surface area contributed by atoms with Gasteiger partial charge in [-0.05, 0) is 54.6 Å². The van der Waals surface area contributed by atoms with Crippen molar-refractivity contribution in [2.45, 2.75) is 6.92 Å². The maximum atomic E-state index is 12.5. The van der Waals surface area contributed by atoms with Gasteiger partial charge >= 0.3 is 0 Å². The summed E-state index contributed by atoms with van der Waals surface area (Å²) in [6, 6.07) is 14.3. The summed E-state index contributed by atoms with van der Waals surface area (Å²) >= 11 is 0.894. The van der Waals surface area contributed by atoms with E-state index in [0.717, 1.165) is 22.9 Å². The van der Waals surface area contributed by atoms with E-state index in [2.05, 4.69) is 0 Å². The number of imide groups is 1. The highest BCUT2D eigenvalue weighted by Crippen LogP contribution is 2.32. The zero-order valence-corrected chi connectivity index (χ0v) is 16.6. The van der Waals surface area contributed by atoms with Crippen LogP contribution in [0.5, 0.6) is 11.5 Å². The molecule has 3 rings (SSSR count). The normalized spacial score (nSPS) is 15.1. The molecule has 0 atom stereocenters. The number of rotatable bonds is 8. The molecule has 3 amide bonds. The zero-order chi connectivity index (χ0) is 20.8. The van der Waals surface area contributed by atoms with Crippen LogP contribution in [-0.2, 0) is 9.59 Å². The summed E-state index contributed by atoms with van der Waals surface area (Å²) in [6.45, 7) is 2.18. The molecule has 1 fully saturated rings. The number of nitrogens with two attached hydrogens (primary N) is 1. The van der Waals surface area contributed by atoms with E-state index in [1.165, 1.54) is 4.90 Å². The van der Waals surface area contributed by atoms with E-state index in [1.54, 1.807) is 30.3 Å². The second-order valence-corrected chi connectivity index (χ2v) is 7.31. The van der Waals surface area contributed by atoms with Gasteiger partial charge in [0.2, 0.25) is 0 Å². The highest BCUT2D eigenvalue weighted by molar-refractivity contribution is 8.18. The quantitative estimate of drug-likeness (QED) is 0.669. The van der Waals surface area contributed by atoms with Crippen LogP contribution in [0.3, 0.4) is 0 Å². The predicted octanol–water partition coefficient (Wildman–Crippen LogP) is 2.97. The molecule has 1 aliphatic rings. The summed E-state index contributed by atoms with van der Waals surface area (Å²) in [5.41, 5.74) is 6.89. The Kier molecular flexibility index (Phi) is 6.56. The number of aryl methyl sites for hydroxylation is 1. The monoisotopic (exact) mass is 412 g/mol. The van der Waals surface area contributed by atoms with Gasteiger partial charge in [-0.25, -0.2) is 0 Å². The lowest BCUT2D eigenvalue weighted by atomic mass is 10.2. The third-order valence-corrected chi connectivity index (χ3v) is 4.94. The number of hydrogen-bond acceptors (Lipinski definition) is 6. The highest BCUT2D eigenvalue weighted by atomic mass is 32.2. The molecule has 0 bridgehead atoms. The Bertz CT molecular complexity index is 939. The number of amides is 3. The van der Waals surface area contributed by atoms with Crippen molar-refractivity contribution in [2.24, 2.45) is 5.73 Å². The average Bonchev–Trinajstić information content (AvgIpc) is 2.96. The Hall–Kier alpha value is -3.26. The zero-order valence-electron chi connectivity index (χ0n) is 15.8. The molecule has 2 aromatic rings. The van der Waals surface area contributed by atoms with Crippen molar-refractivity contribution in [1.82, 2.24) is 4.90 Å². The molecule has 0 unspecified atom stereocenters. The number of carbonyl (C=O) groups excluding carboxylic acids is 3. The van der Waals surface area contributed by atoms with Crippen molar-refractivity contribution in [3.8, 4) is 11.5 Å². The van der Waals surface area contributed by atoms with Crippen LogP contribution in [0.2, 0.25) is 0 Å². The van der Waals surface area contributed by atoms with Gasteiger partial charge in [-0.1, -0.05) is 29.8 Å². The Morgan fingerprint density at radius 2 is 1.66 bits per heavy atom. The molecule has 29 heavy (non-hydrogen) atoms. The van der Waals surface area contributed by atoms with Crippen molar-refractivity contribution in [1.29, 1.82) is 0 Å². The molecule has 0 aliphatic carbocycles. The summed E-state index contributed by atoms with van der Waals surface area (Å²) in [5.74, 6) is 0.273. The topological polar surface area (TPSA) is 98.9 Å². The average molecular weight is 412 g/mol.